The van der Waals surface area contributed by atoms with Crippen molar-refractivity contribution in [2.75, 3.05) is 25.0 Å². The standard InChI is InChI=1S/C17H27ClN2/c1-4-5-14-8-10-20(11-9-14)15-6-7-16(13(2)19-3)17(18)12-15/h6-7,12-14,19H,4-5,8-11H2,1-3H3. The summed E-state index contributed by atoms with van der Waals surface area (Å²) in [5.41, 5.74) is 2.45. The summed E-state index contributed by atoms with van der Waals surface area (Å²) in [7, 11) is 1.97. The number of hydrogen-bond donors (Lipinski definition) is 1. The average molecular weight is 295 g/mol. The summed E-state index contributed by atoms with van der Waals surface area (Å²) in [6, 6.07) is 6.81. The maximum absolute atomic E-state index is 6.43. The van der Waals surface area contributed by atoms with Crippen LogP contribution in [0.2, 0.25) is 5.02 Å². The van der Waals surface area contributed by atoms with Gasteiger partial charge in [0.1, 0.15) is 0 Å². The molecule has 1 aliphatic rings. The van der Waals surface area contributed by atoms with Gasteiger partial charge >= 0.3 is 0 Å². The van der Waals surface area contributed by atoms with Crippen LogP contribution in [0, 0.1) is 5.92 Å². The van der Waals surface area contributed by atoms with Crippen molar-refractivity contribution in [3.8, 4) is 0 Å². The van der Waals surface area contributed by atoms with Crippen LogP contribution in [-0.2, 0) is 0 Å². The van der Waals surface area contributed by atoms with Crippen molar-refractivity contribution < 1.29 is 0 Å². The molecule has 0 saturated carbocycles. The van der Waals surface area contributed by atoms with E-state index >= 15 is 0 Å². The molecule has 0 spiro atoms. The van der Waals surface area contributed by atoms with Gasteiger partial charge in [-0.25, -0.2) is 0 Å². The molecule has 2 rings (SSSR count). The number of rotatable bonds is 5. The molecule has 0 aromatic heterocycles. The van der Waals surface area contributed by atoms with E-state index in [9.17, 15) is 0 Å². The summed E-state index contributed by atoms with van der Waals surface area (Å²) in [6.45, 7) is 6.76. The Balaban J connectivity index is 2.02. The number of anilines is 1. The van der Waals surface area contributed by atoms with Crippen molar-refractivity contribution in [3.63, 3.8) is 0 Å². The minimum atomic E-state index is 0.298. The Labute approximate surface area is 128 Å². The first-order valence-corrected chi connectivity index (χ1v) is 8.25. The molecule has 1 unspecified atom stereocenters. The highest BCUT2D eigenvalue weighted by atomic mass is 35.5. The second kappa shape index (κ2) is 7.33. The normalized spacial score (nSPS) is 18.3. The Hall–Kier alpha value is -0.730. The lowest BCUT2D eigenvalue weighted by Gasteiger charge is -2.34. The van der Waals surface area contributed by atoms with Gasteiger partial charge in [0.05, 0.1) is 0 Å². The summed E-state index contributed by atoms with van der Waals surface area (Å²) in [6.07, 6.45) is 5.33. The molecule has 2 nitrogen and oxygen atoms in total. The van der Waals surface area contributed by atoms with E-state index in [1.165, 1.54) is 50.0 Å². The fourth-order valence-corrected chi connectivity index (χ4v) is 3.45. The molecule has 1 fully saturated rings. The lowest BCUT2D eigenvalue weighted by atomic mass is 9.92. The number of nitrogens with zero attached hydrogens (tertiary/aromatic N) is 1. The monoisotopic (exact) mass is 294 g/mol. The van der Waals surface area contributed by atoms with Gasteiger partial charge in [-0.05, 0) is 50.4 Å². The zero-order valence-corrected chi connectivity index (χ0v) is 13.7. The fraction of sp³-hybridized carbons (Fsp3) is 0.647. The first-order valence-electron chi connectivity index (χ1n) is 7.87. The van der Waals surface area contributed by atoms with Gasteiger partial charge in [-0.3, -0.25) is 0 Å². The summed E-state index contributed by atoms with van der Waals surface area (Å²) in [5.74, 6) is 0.926. The zero-order chi connectivity index (χ0) is 14.5. The largest absolute Gasteiger partial charge is 0.371 e. The topological polar surface area (TPSA) is 15.3 Å². The molecule has 1 aromatic carbocycles. The van der Waals surface area contributed by atoms with E-state index in [0.717, 1.165) is 10.9 Å². The number of benzene rings is 1. The van der Waals surface area contributed by atoms with Gasteiger partial charge in [-0.15, -0.1) is 0 Å². The van der Waals surface area contributed by atoms with Crippen LogP contribution in [0.15, 0.2) is 18.2 Å². The van der Waals surface area contributed by atoms with E-state index in [-0.39, 0.29) is 0 Å². The van der Waals surface area contributed by atoms with Crippen LogP contribution >= 0.6 is 11.6 Å². The third-order valence-electron chi connectivity index (χ3n) is 4.56. The highest BCUT2D eigenvalue weighted by Gasteiger charge is 2.19. The molecule has 1 saturated heterocycles. The molecule has 1 heterocycles. The molecule has 0 bridgehead atoms. The van der Waals surface area contributed by atoms with Crippen molar-refractivity contribution in [2.45, 2.75) is 45.6 Å². The number of hydrogen-bond acceptors (Lipinski definition) is 2. The summed E-state index contributed by atoms with van der Waals surface area (Å²) < 4.78 is 0. The molecule has 112 valence electrons. The van der Waals surface area contributed by atoms with Crippen LogP contribution in [-0.4, -0.2) is 20.1 Å². The second-order valence-electron chi connectivity index (χ2n) is 5.94. The van der Waals surface area contributed by atoms with Gasteiger partial charge in [0.15, 0.2) is 0 Å². The van der Waals surface area contributed by atoms with Gasteiger partial charge in [-0.2, -0.15) is 0 Å². The number of halogens is 1. The van der Waals surface area contributed by atoms with Crippen molar-refractivity contribution >= 4 is 17.3 Å². The highest BCUT2D eigenvalue weighted by molar-refractivity contribution is 6.31. The van der Waals surface area contributed by atoms with Gasteiger partial charge < -0.3 is 10.2 Å². The Morgan fingerprint density at radius 2 is 2.05 bits per heavy atom. The van der Waals surface area contributed by atoms with Crippen LogP contribution < -0.4 is 10.2 Å². The minimum Gasteiger partial charge on any atom is -0.371 e. The van der Waals surface area contributed by atoms with Gasteiger partial charge in [-0.1, -0.05) is 37.4 Å². The zero-order valence-electron chi connectivity index (χ0n) is 13.0. The molecule has 3 heteroatoms. The van der Waals surface area contributed by atoms with Crippen LogP contribution in [0.1, 0.15) is 51.1 Å². The third-order valence-corrected chi connectivity index (χ3v) is 4.89. The highest BCUT2D eigenvalue weighted by Crippen LogP contribution is 2.31. The van der Waals surface area contributed by atoms with Crippen molar-refractivity contribution in [3.05, 3.63) is 28.8 Å². The van der Waals surface area contributed by atoms with Crippen LogP contribution in [0.4, 0.5) is 5.69 Å². The minimum absolute atomic E-state index is 0.298. The lowest BCUT2D eigenvalue weighted by Crippen LogP contribution is -2.33. The summed E-state index contributed by atoms with van der Waals surface area (Å²) >= 11 is 6.43. The number of nitrogens with one attached hydrogen (secondary N) is 1. The van der Waals surface area contributed by atoms with Gasteiger partial charge in [0, 0.05) is 29.8 Å². The second-order valence-corrected chi connectivity index (χ2v) is 6.34. The molecule has 0 radical (unpaired) electrons. The summed E-state index contributed by atoms with van der Waals surface area (Å²) in [5, 5.41) is 4.12. The molecule has 1 atom stereocenters. The summed E-state index contributed by atoms with van der Waals surface area (Å²) in [4.78, 5) is 2.48. The molecule has 1 N–H and O–H groups in total. The first kappa shape index (κ1) is 15.7. The van der Waals surface area contributed by atoms with Gasteiger partial charge in [0.25, 0.3) is 0 Å². The smallest absolute Gasteiger partial charge is 0.0474 e. The molecule has 20 heavy (non-hydrogen) atoms. The van der Waals surface area contributed by atoms with Crippen molar-refractivity contribution in [1.82, 2.24) is 5.32 Å². The maximum atomic E-state index is 6.43. The predicted molar refractivity (Wildman–Crippen MR) is 88.8 cm³/mol. The van der Waals surface area contributed by atoms with E-state index in [1.54, 1.807) is 0 Å². The average Bonchev–Trinajstić information content (AvgIpc) is 2.47. The Bertz CT molecular complexity index is 425. The van der Waals surface area contributed by atoms with Crippen molar-refractivity contribution in [2.24, 2.45) is 5.92 Å². The van der Waals surface area contributed by atoms with E-state index in [4.69, 9.17) is 11.6 Å². The molecule has 1 aliphatic heterocycles. The van der Waals surface area contributed by atoms with Crippen LogP contribution in [0.3, 0.4) is 0 Å². The van der Waals surface area contributed by atoms with E-state index in [2.05, 4.69) is 42.3 Å². The molecular formula is C17H27ClN2. The quantitative estimate of drug-likeness (QED) is 0.851. The third kappa shape index (κ3) is 3.67. The fourth-order valence-electron chi connectivity index (χ4n) is 3.11. The Kier molecular flexibility index (Phi) is 5.74. The van der Waals surface area contributed by atoms with Crippen LogP contribution in [0.25, 0.3) is 0 Å². The van der Waals surface area contributed by atoms with E-state index in [0.29, 0.717) is 6.04 Å². The molecular weight excluding hydrogens is 268 g/mol. The molecule has 0 amide bonds. The van der Waals surface area contributed by atoms with E-state index in [1.807, 2.05) is 7.05 Å². The SMILES string of the molecule is CCCC1CCN(c2ccc(C(C)NC)c(Cl)c2)CC1. The van der Waals surface area contributed by atoms with Gasteiger partial charge in [0.2, 0.25) is 0 Å². The number of piperidine rings is 1. The van der Waals surface area contributed by atoms with E-state index < -0.39 is 0 Å². The Morgan fingerprint density at radius 1 is 1.35 bits per heavy atom. The molecule has 1 aromatic rings. The van der Waals surface area contributed by atoms with Crippen LogP contribution in [0.5, 0.6) is 0 Å². The van der Waals surface area contributed by atoms with Crippen molar-refractivity contribution in [1.29, 1.82) is 0 Å². The maximum Gasteiger partial charge on any atom is 0.0474 e. The lowest BCUT2D eigenvalue weighted by molar-refractivity contribution is 0.378. The predicted octanol–water partition coefficient (Wildman–Crippen LogP) is 4.64. The molecule has 0 aliphatic carbocycles. The Morgan fingerprint density at radius 3 is 2.60 bits per heavy atom. The first-order chi connectivity index (χ1) is 9.65.